The van der Waals surface area contributed by atoms with E-state index in [1.807, 2.05) is 0 Å². The Morgan fingerprint density at radius 2 is 0.933 bits per heavy atom. The van der Waals surface area contributed by atoms with E-state index in [0.29, 0.717) is 37.9 Å². The van der Waals surface area contributed by atoms with E-state index in [0.717, 1.165) is 61.5 Å². The van der Waals surface area contributed by atoms with Crippen molar-refractivity contribution in [3.05, 3.63) is 65.2 Å². The maximum absolute atomic E-state index is 11.1. The zero-order valence-electron chi connectivity index (χ0n) is 26.6. The largest absolute Gasteiger partial charge is 0.494 e. The number of hydrogen-bond donors (Lipinski definition) is 0. The van der Waals surface area contributed by atoms with E-state index in [2.05, 4.69) is 48.5 Å². The van der Waals surface area contributed by atoms with Crippen LogP contribution in [0.4, 0.5) is 0 Å². The average molecular weight is 661 g/mol. The standard InChI is InChI=1S/C35H48O8S2/c1-44(36,37)42-19-7-3-5-17-40-32-13-9-28(10-14-32)34(35-30-22-26-21-27(24-30)25-31(35)23-26)29-11-15-33(16-12-29)41-18-6-4-8-20-43-45(2,38)39/h9-16,26-27,30-31H,3-8,17-25H2,1-2H3. The summed E-state index contributed by atoms with van der Waals surface area (Å²) < 4.78 is 66.0. The molecule has 2 aromatic rings. The number of hydrogen-bond acceptors (Lipinski definition) is 8. The third kappa shape index (κ3) is 10.3. The Labute approximate surface area is 269 Å². The topological polar surface area (TPSA) is 105 Å². The van der Waals surface area contributed by atoms with Crippen LogP contribution in [0.2, 0.25) is 0 Å². The van der Waals surface area contributed by atoms with Crippen LogP contribution in [0.15, 0.2) is 54.1 Å². The lowest BCUT2D eigenvalue weighted by Crippen LogP contribution is -2.40. The fourth-order valence-electron chi connectivity index (χ4n) is 7.60. The molecule has 45 heavy (non-hydrogen) atoms. The summed E-state index contributed by atoms with van der Waals surface area (Å²) in [6, 6.07) is 17.0. The van der Waals surface area contributed by atoms with Crippen LogP contribution < -0.4 is 9.47 Å². The van der Waals surface area contributed by atoms with Gasteiger partial charge in [-0.3, -0.25) is 8.37 Å². The van der Waals surface area contributed by atoms with Crippen LogP contribution in [0, 0.1) is 23.7 Å². The zero-order valence-corrected chi connectivity index (χ0v) is 28.3. The predicted molar refractivity (Wildman–Crippen MR) is 176 cm³/mol. The van der Waals surface area contributed by atoms with Crippen molar-refractivity contribution in [2.75, 3.05) is 38.9 Å². The molecule has 4 aliphatic rings. The van der Waals surface area contributed by atoms with Crippen molar-refractivity contribution in [3.8, 4) is 11.5 Å². The van der Waals surface area contributed by atoms with Gasteiger partial charge in [-0.05, 0) is 135 Å². The molecule has 10 heteroatoms. The van der Waals surface area contributed by atoms with Crippen molar-refractivity contribution in [2.24, 2.45) is 23.7 Å². The Morgan fingerprint density at radius 3 is 1.31 bits per heavy atom. The van der Waals surface area contributed by atoms with Gasteiger partial charge in [0.2, 0.25) is 0 Å². The summed E-state index contributed by atoms with van der Waals surface area (Å²) in [7, 11) is -6.76. The van der Waals surface area contributed by atoms with E-state index in [1.165, 1.54) is 48.8 Å². The second kappa shape index (κ2) is 15.5. The van der Waals surface area contributed by atoms with Gasteiger partial charge in [-0.15, -0.1) is 0 Å². The van der Waals surface area contributed by atoms with Crippen molar-refractivity contribution in [3.63, 3.8) is 0 Å². The Balaban J connectivity index is 1.21. The van der Waals surface area contributed by atoms with Gasteiger partial charge in [0, 0.05) is 0 Å². The molecule has 0 radical (unpaired) electrons. The highest BCUT2D eigenvalue weighted by molar-refractivity contribution is 7.86. The maximum atomic E-state index is 11.1. The summed E-state index contributed by atoms with van der Waals surface area (Å²) in [6.45, 7) is 1.59. The molecule has 4 bridgehead atoms. The number of rotatable bonds is 18. The molecule has 0 unspecified atom stereocenters. The van der Waals surface area contributed by atoms with Crippen LogP contribution in [-0.4, -0.2) is 55.8 Å². The summed E-state index contributed by atoms with van der Waals surface area (Å²) in [6.07, 6.45) is 13.6. The number of unbranched alkanes of at least 4 members (excludes halogenated alkanes) is 4. The van der Waals surface area contributed by atoms with Crippen molar-refractivity contribution in [1.82, 2.24) is 0 Å². The Morgan fingerprint density at radius 1 is 0.556 bits per heavy atom. The molecule has 0 aliphatic heterocycles. The van der Waals surface area contributed by atoms with Crippen LogP contribution >= 0.6 is 0 Å². The lowest BCUT2D eigenvalue weighted by Gasteiger charge is -2.52. The van der Waals surface area contributed by atoms with Crippen LogP contribution in [0.1, 0.15) is 81.8 Å². The molecule has 0 atom stereocenters. The number of ether oxygens (including phenoxy) is 2. The van der Waals surface area contributed by atoms with Gasteiger partial charge in [0.1, 0.15) is 11.5 Å². The fourth-order valence-corrected chi connectivity index (χ4v) is 8.44. The molecular weight excluding hydrogens is 613 g/mol. The molecule has 0 aromatic heterocycles. The normalized spacial score (nSPS) is 22.5. The highest BCUT2D eigenvalue weighted by Gasteiger charge is 2.46. The zero-order chi connectivity index (χ0) is 31.9. The SMILES string of the molecule is CS(=O)(=O)OCCCCCOc1ccc(C(=C2C3CC4CC(C3)CC2C4)c2ccc(OCCCCCOS(C)(=O)=O)cc2)cc1. The van der Waals surface area contributed by atoms with Gasteiger partial charge >= 0.3 is 0 Å². The Kier molecular flexibility index (Phi) is 11.7. The molecular formula is C35H48O8S2. The molecule has 4 fully saturated rings. The minimum Gasteiger partial charge on any atom is -0.494 e. The predicted octanol–water partition coefficient (Wildman–Crippen LogP) is 7.00. The highest BCUT2D eigenvalue weighted by atomic mass is 32.2. The smallest absolute Gasteiger partial charge is 0.264 e. The summed E-state index contributed by atoms with van der Waals surface area (Å²) in [5.41, 5.74) is 5.48. The number of benzene rings is 2. The minimum absolute atomic E-state index is 0.215. The Hall–Kier alpha value is -2.40. The molecule has 0 spiro atoms. The van der Waals surface area contributed by atoms with E-state index >= 15 is 0 Å². The van der Waals surface area contributed by atoms with Crippen molar-refractivity contribution in [2.45, 2.75) is 70.6 Å². The van der Waals surface area contributed by atoms with Crippen LogP contribution in [0.25, 0.3) is 5.57 Å². The van der Waals surface area contributed by atoms with Gasteiger partial charge in [0.25, 0.3) is 20.2 Å². The van der Waals surface area contributed by atoms with E-state index in [-0.39, 0.29) is 13.2 Å². The first kappa shape index (κ1) is 33.9. The van der Waals surface area contributed by atoms with Crippen molar-refractivity contribution < 1.29 is 34.7 Å². The van der Waals surface area contributed by atoms with Gasteiger partial charge in [-0.25, -0.2) is 0 Å². The first-order chi connectivity index (χ1) is 21.5. The molecule has 8 nitrogen and oxygen atoms in total. The summed E-state index contributed by atoms with van der Waals surface area (Å²) >= 11 is 0. The second-order valence-corrected chi connectivity index (χ2v) is 16.3. The quantitative estimate of drug-likeness (QED) is 0.124. The molecule has 0 N–H and O–H groups in total. The van der Waals surface area contributed by atoms with Crippen molar-refractivity contribution >= 4 is 25.8 Å². The van der Waals surface area contributed by atoms with E-state index < -0.39 is 20.2 Å². The lowest BCUT2D eigenvalue weighted by atomic mass is 9.53. The molecule has 6 rings (SSSR count). The maximum Gasteiger partial charge on any atom is 0.264 e. The monoisotopic (exact) mass is 660 g/mol. The van der Waals surface area contributed by atoms with Gasteiger partial charge in [0.05, 0.1) is 38.9 Å². The first-order valence-electron chi connectivity index (χ1n) is 16.4. The van der Waals surface area contributed by atoms with E-state index in [4.69, 9.17) is 17.8 Å². The molecule has 4 aliphatic carbocycles. The van der Waals surface area contributed by atoms with Crippen LogP contribution in [0.3, 0.4) is 0 Å². The number of allylic oxidation sites excluding steroid dienone is 1. The lowest BCUT2D eigenvalue weighted by molar-refractivity contribution is 0.0705. The van der Waals surface area contributed by atoms with Gasteiger partial charge < -0.3 is 9.47 Å². The van der Waals surface area contributed by atoms with Gasteiger partial charge in [-0.1, -0.05) is 29.8 Å². The summed E-state index contributed by atoms with van der Waals surface area (Å²) in [4.78, 5) is 0. The average Bonchev–Trinajstić information content (AvgIpc) is 2.97. The molecule has 0 saturated heterocycles. The second-order valence-electron chi connectivity index (χ2n) is 13.1. The molecule has 248 valence electrons. The fraction of sp³-hybridized carbons (Fsp3) is 0.600. The third-order valence-corrected chi connectivity index (χ3v) is 10.5. The summed E-state index contributed by atoms with van der Waals surface area (Å²) in [5.74, 6) is 4.79. The van der Waals surface area contributed by atoms with Crippen LogP contribution in [-0.2, 0) is 28.6 Å². The molecule has 2 aromatic carbocycles. The van der Waals surface area contributed by atoms with E-state index in [1.54, 1.807) is 5.57 Å². The van der Waals surface area contributed by atoms with Crippen molar-refractivity contribution in [1.29, 1.82) is 0 Å². The van der Waals surface area contributed by atoms with Gasteiger partial charge in [0.15, 0.2) is 0 Å². The first-order valence-corrected chi connectivity index (χ1v) is 20.1. The van der Waals surface area contributed by atoms with Crippen LogP contribution in [0.5, 0.6) is 11.5 Å². The molecule has 0 amide bonds. The minimum atomic E-state index is -3.38. The third-order valence-electron chi connectivity index (χ3n) is 9.30. The molecule has 4 saturated carbocycles. The molecule has 0 heterocycles. The summed E-state index contributed by atoms with van der Waals surface area (Å²) in [5, 5.41) is 0. The Bertz CT molecular complexity index is 1370. The van der Waals surface area contributed by atoms with Gasteiger partial charge in [-0.2, -0.15) is 16.8 Å². The van der Waals surface area contributed by atoms with E-state index in [9.17, 15) is 16.8 Å². The highest BCUT2D eigenvalue weighted by Crippen LogP contribution is 2.58.